The average Bonchev–Trinajstić information content (AvgIpc) is 3.06. The van der Waals surface area contributed by atoms with Gasteiger partial charge in [0.15, 0.2) is 0 Å². The first-order valence-electron chi connectivity index (χ1n) is 15.7. The number of para-hydroxylation sites is 2. The largest absolute Gasteiger partial charge is 0.492 e. The lowest BCUT2D eigenvalue weighted by atomic mass is 10.0. The standard InChI is InChI=1S/C37H42ClN3O5S/c1-5-28(4)39-37(43)34(24-29-13-8-7-9-14-29)40(25-30-15-12-16-31(38)23-30)36(42)26-41(33-17-10-11-18-35(33)46-6-2)47(44,45)32-21-19-27(3)20-22-32/h7-23,28,34H,5-6,24-26H2,1-4H3,(H,39,43). The van der Waals surface area contributed by atoms with Crippen LogP contribution in [0.2, 0.25) is 5.02 Å². The number of halogens is 1. The lowest BCUT2D eigenvalue weighted by Crippen LogP contribution is -2.54. The third kappa shape index (κ3) is 9.36. The molecule has 47 heavy (non-hydrogen) atoms. The number of sulfonamides is 1. The molecular formula is C37H42ClN3O5S. The fraction of sp³-hybridized carbons (Fsp3) is 0.297. The molecule has 0 aliphatic rings. The van der Waals surface area contributed by atoms with Crippen LogP contribution in [0.25, 0.3) is 0 Å². The maximum absolute atomic E-state index is 14.7. The number of carbonyl (C=O) groups excluding carboxylic acids is 2. The van der Waals surface area contributed by atoms with E-state index in [0.717, 1.165) is 15.4 Å². The SMILES string of the molecule is CCOc1ccccc1N(CC(=O)N(Cc1cccc(Cl)c1)C(Cc1ccccc1)C(=O)NC(C)CC)S(=O)(=O)c1ccc(C)cc1. The number of nitrogens with one attached hydrogen (secondary N) is 1. The Morgan fingerprint density at radius 3 is 2.19 bits per heavy atom. The van der Waals surface area contributed by atoms with Crippen LogP contribution in [0.5, 0.6) is 5.75 Å². The van der Waals surface area contributed by atoms with Crippen LogP contribution in [0.1, 0.15) is 43.9 Å². The van der Waals surface area contributed by atoms with Crippen molar-refractivity contribution in [3.05, 3.63) is 125 Å². The molecule has 0 saturated carbocycles. The third-order valence-corrected chi connectivity index (χ3v) is 9.84. The third-order valence-electron chi connectivity index (χ3n) is 7.84. The fourth-order valence-corrected chi connectivity index (χ4v) is 6.76. The molecule has 4 rings (SSSR count). The summed E-state index contributed by atoms with van der Waals surface area (Å²) in [5, 5.41) is 3.52. The predicted molar refractivity (Wildman–Crippen MR) is 187 cm³/mol. The van der Waals surface area contributed by atoms with Gasteiger partial charge in [0.2, 0.25) is 11.8 Å². The zero-order chi connectivity index (χ0) is 34.0. The van der Waals surface area contributed by atoms with E-state index >= 15 is 0 Å². The summed E-state index contributed by atoms with van der Waals surface area (Å²) >= 11 is 6.33. The van der Waals surface area contributed by atoms with Crippen LogP contribution in [0.15, 0.2) is 108 Å². The molecule has 8 nitrogen and oxygen atoms in total. The van der Waals surface area contributed by atoms with Gasteiger partial charge in [-0.05, 0) is 74.7 Å². The van der Waals surface area contributed by atoms with Crippen molar-refractivity contribution in [2.24, 2.45) is 0 Å². The molecule has 0 aliphatic carbocycles. The highest BCUT2D eigenvalue weighted by Gasteiger charge is 2.35. The van der Waals surface area contributed by atoms with Crippen molar-refractivity contribution in [1.82, 2.24) is 10.2 Å². The number of hydrogen-bond donors (Lipinski definition) is 1. The van der Waals surface area contributed by atoms with Gasteiger partial charge in [-0.15, -0.1) is 0 Å². The summed E-state index contributed by atoms with van der Waals surface area (Å²) in [5.74, 6) is -0.580. The summed E-state index contributed by atoms with van der Waals surface area (Å²) in [6, 6.07) is 28.6. The Bertz CT molecular complexity index is 1750. The van der Waals surface area contributed by atoms with Crippen LogP contribution in [-0.4, -0.2) is 50.4 Å². The van der Waals surface area contributed by atoms with E-state index in [-0.39, 0.29) is 35.5 Å². The smallest absolute Gasteiger partial charge is 0.264 e. The van der Waals surface area contributed by atoms with Crippen molar-refractivity contribution in [2.75, 3.05) is 17.5 Å². The molecular weight excluding hydrogens is 634 g/mol. The Morgan fingerprint density at radius 2 is 1.53 bits per heavy atom. The highest BCUT2D eigenvalue weighted by Crippen LogP contribution is 2.33. The minimum absolute atomic E-state index is 0.0242. The number of carbonyl (C=O) groups is 2. The van der Waals surface area contributed by atoms with E-state index in [9.17, 15) is 18.0 Å². The van der Waals surface area contributed by atoms with Gasteiger partial charge >= 0.3 is 0 Å². The Hall–Kier alpha value is -4.34. The number of hydrogen-bond acceptors (Lipinski definition) is 5. The number of benzene rings is 4. The van der Waals surface area contributed by atoms with E-state index in [1.165, 1.54) is 17.0 Å². The molecule has 0 aliphatic heterocycles. The van der Waals surface area contributed by atoms with Crippen LogP contribution in [0, 0.1) is 6.92 Å². The van der Waals surface area contributed by atoms with Crippen molar-refractivity contribution >= 4 is 39.1 Å². The Kier molecular flexibility index (Phi) is 12.4. The van der Waals surface area contributed by atoms with Gasteiger partial charge in [0, 0.05) is 24.0 Å². The lowest BCUT2D eigenvalue weighted by molar-refractivity contribution is -0.140. The van der Waals surface area contributed by atoms with Crippen LogP contribution in [-0.2, 0) is 32.6 Å². The summed E-state index contributed by atoms with van der Waals surface area (Å²) in [6.45, 7) is 7.28. The normalized spacial score (nSPS) is 12.5. The number of nitrogens with zero attached hydrogens (tertiary/aromatic N) is 2. The highest BCUT2D eigenvalue weighted by molar-refractivity contribution is 7.92. The van der Waals surface area contributed by atoms with Crippen LogP contribution in [0.3, 0.4) is 0 Å². The molecule has 4 aromatic rings. The molecule has 0 saturated heterocycles. The van der Waals surface area contributed by atoms with Crippen LogP contribution < -0.4 is 14.4 Å². The van der Waals surface area contributed by atoms with Gasteiger partial charge in [0.05, 0.1) is 17.2 Å². The monoisotopic (exact) mass is 675 g/mol. The van der Waals surface area contributed by atoms with Crippen molar-refractivity contribution in [3.8, 4) is 5.75 Å². The summed E-state index contributed by atoms with van der Waals surface area (Å²) < 4.78 is 35.6. The Morgan fingerprint density at radius 1 is 0.872 bits per heavy atom. The number of ether oxygens (including phenoxy) is 1. The zero-order valence-corrected chi connectivity index (χ0v) is 28.8. The lowest BCUT2D eigenvalue weighted by Gasteiger charge is -2.34. The number of anilines is 1. The van der Waals surface area contributed by atoms with Crippen molar-refractivity contribution in [1.29, 1.82) is 0 Å². The second kappa shape index (κ2) is 16.5. The van der Waals surface area contributed by atoms with Crippen LogP contribution in [0.4, 0.5) is 5.69 Å². The molecule has 2 atom stereocenters. The zero-order valence-electron chi connectivity index (χ0n) is 27.2. The number of amides is 2. The molecule has 248 valence electrons. The first-order chi connectivity index (χ1) is 22.5. The number of aryl methyl sites for hydroxylation is 1. The topological polar surface area (TPSA) is 96.0 Å². The molecule has 0 radical (unpaired) electrons. The molecule has 0 fully saturated rings. The summed E-state index contributed by atoms with van der Waals surface area (Å²) in [5.41, 5.74) is 2.66. The van der Waals surface area contributed by atoms with Gasteiger partial charge in [-0.3, -0.25) is 13.9 Å². The quantitative estimate of drug-likeness (QED) is 0.150. The molecule has 4 aromatic carbocycles. The van der Waals surface area contributed by atoms with E-state index in [1.807, 2.05) is 57.2 Å². The maximum atomic E-state index is 14.7. The van der Waals surface area contributed by atoms with Gasteiger partial charge < -0.3 is 15.0 Å². The van der Waals surface area contributed by atoms with Gasteiger partial charge in [0.1, 0.15) is 18.3 Å². The Balaban J connectivity index is 1.84. The average molecular weight is 676 g/mol. The highest BCUT2D eigenvalue weighted by atomic mass is 35.5. The van der Waals surface area contributed by atoms with E-state index in [4.69, 9.17) is 16.3 Å². The second-order valence-electron chi connectivity index (χ2n) is 11.4. The molecule has 0 aromatic heterocycles. The summed E-state index contributed by atoms with van der Waals surface area (Å²) in [7, 11) is -4.26. The van der Waals surface area contributed by atoms with E-state index in [0.29, 0.717) is 29.4 Å². The minimum Gasteiger partial charge on any atom is -0.492 e. The molecule has 0 heterocycles. The first kappa shape index (κ1) is 35.5. The van der Waals surface area contributed by atoms with E-state index in [1.54, 1.807) is 61.5 Å². The van der Waals surface area contributed by atoms with E-state index < -0.39 is 28.5 Å². The van der Waals surface area contributed by atoms with Crippen molar-refractivity contribution < 1.29 is 22.7 Å². The van der Waals surface area contributed by atoms with Gasteiger partial charge in [-0.1, -0.05) is 90.8 Å². The molecule has 2 unspecified atom stereocenters. The van der Waals surface area contributed by atoms with Gasteiger partial charge in [-0.25, -0.2) is 8.42 Å². The fourth-order valence-electron chi connectivity index (χ4n) is 5.12. The summed E-state index contributed by atoms with van der Waals surface area (Å²) in [4.78, 5) is 30.1. The first-order valence-corrected chi connectivity index (χ1v) is 17.5. The second-order valence-corrected chi connectivity index (χ2v) is 13.7. The molecule has 10 heteroatoms. The van der Waals surface area contributed by atoms with Gasteiger partial charge in [0.25, 0.3) is 10.0 Å². The van der Waals surface area contributed by atoms with Crippen molar-refractivity contribution in [3.63, 3.8) is 0 Å². The summed E-state index contributed by atoms with van der Waals surface area (Å²) in [6.07, 6.45) is 0.915. The molecule has 0 spiro atoms. The minimum atomic E-state index is -4.26. The molecule has 0 bridgehead atoms. The maximum Gasteiger partial charge on any atom is 0.264 e. The number of rotatable bonds is 15. The van der Waals surface area contributed by atoms with Gasteiger partial charge in [-0.2, -0.15) is 0 Å². The Labute approximate surface area is 283 Å². The predicted octanol–water partition coefficient (Wildman–Crippen LogP) is 6.80. The van der Waals surface area contributed by atoms with Crippen LogP contribution >= 0.6 is 11.6 Å². The molecule has 2 amide bonds. The van der Waals surface area contributed by atoms with E-state index in [2.05, 4.69) is 5.32 Å². The molecule has 1 N–H and O–H groups in total. The van der Waals surface area contributed by atoms with Crippen molar-refractivity contribution in [2.45, 2.75) is 64.1 Å².